The number of nitrogens with one attached hydrogen (secondary N) is 1. The number of benzene rings is 1. The van der Waals surface area contributed by atoms with Crippen LogP contribution in [0.5, 0.6) is 0 Å². The molecule has 0 aliphatic carbocycles. The Kier molecular flexibility index (Phi) is 4.31. The molecule has 9 nitrogen and oxygen atoms in total. The molecule has 1 fully saturated rings. The smallest absolute Gasteiger partial charge is 0.249 e. The van der Waals surface area contributed by atoms with E-state index >= 15 is 0 Å². The summed E-state index contributed by atoms with van der Waals surface area (Å²) in [5.74, 6) is 1.51. The number of likely N-dealkylation sites (tertiary alicyclic amines) is 1. The van der Waals surface area contributed by atoms with Gasteiger partial charge >= 0.3 is 0 Å². The van der Waals surface area contributed by atoms with E-state index in [1.165, 1.54) is 0 Å². The third-order valence-electron chi connectivity index (χ3n) is 6.95. The van der Waals surface area contributed by atoms with Gasteiger partial charge in [0.2, 0.25) is 5.91 Å². The number of fused-ring (bicyclic) bond motifs is 3. The maximum absolute atomic E-state index is 13.1. The van der Waals surface area contributed by atoms with E-state index in [0.717, 1.165) is 65.5 Å². The number of rotatable bonds is 3. The molecule has 2 aliphatic rings. The second-order valence-electron chi connectivity index (χ2n) is 8.67. The summed E-state index contributed by atoms with van der Waals surface area (Å²) in [6, 6.07) is 6.08. The largest absolute Gasteiger partial charge is 0.324 e. The molecule has 4 aromatic rings. The number of anilines is 1. The van der Waals surface area contributed by atoms with E-state index in [2.05, 4.69) is 43.1 Å². The van der Waals surface area contributed by atoms with Gasteiger partial charge in [-0.3, -0.25) is 9.69 Å². The van der Waals surface area contributed by atoms with Crippen LogP contribution in [0.2, 0.25) is 0 Å². The molecule has 166 valence electrons. The van der Waals surface area contributed by atoms with Crippen LogP contribution in [-0.4, -0.2) is 53.4 Å². The number of imidazole rings is 1. The van der Waals surface area contributed by atoms with Crippen LogP contribution in [-0.2, 0) is 17.4 Å². The summed E-state index contributed by atoms with van der Waals surface area (Å²) in [4.78, 5) is 38.0. The highest BCUT2D eigenvalue weighted by atomic mass is 16.2. The minimum atomic E-state index is -0.596. The lowest BCUT2D eigenvalue weighted by Gasteiger charge is -2.32. The molecule has 1 saturated heterocycles. The Hall–Kier alpha value is -3.72. The fraction of sp³-hybridized carbons (Fsp3) is 0.333. The second-order valence-corrected chi connectivity index (χ2v) is 8.67. The lowest BCUT2D eigenvalue weighted by atomic mass is 9.87. The lowest BCUT2D eigenvalue weighted by Crippen LogP contribution is -2.46. The van der Waals surface area contributed by atoms with Crippen molar-refractivity contribution in [2.24, 2.45) is 7.05 Å². The normalized spacial score (nSPS) is 20.0. The molecular weight excluding hydrogens is 416 g/mol. The zero-order valence-electron chi connectivity index (χ0n) is 18.8. The first-order chi connectivity index (χ1) is 16.0. The molecule has 5 heterocycles. The maximum atomic E-state index is 13.1. The SMILES string of the molecule is CCN1CCC[C@]12C(=O)Nc1ccc(-c3ncnc4c3nc(-c3cnc(C)nc3)n4C)cc12. The molecule has 0 bridgehead atoms. The number of carbonyl (C=O) groups excluding carboxylic acids is 1. The van der Waals surface area contributed by atoms with Crippen LogP contribution < -0.4 is 5.32 Å². The van der Waals surface area contributed by atoms with E-state index in [9.17, 15) is 4.79 Å². The van der Waals surface area contributed by atoms with Gasteiger partial charge in [0.25, 0.3) is 0 Å². The minimum absolute atomic E-state index is 0.0707. The van der Waals surface area contributed by atoms with E-state index in [4.69, 9.17) is 4.98 Å². The summed E-state index contributed by atoms with van der Waals surface area (Å²) >= 11 is 0. The van der Waals surface area contributed by atoms with Crippen LogP contribution in [0.15, 0.2) is 36.9 Å². The number of hydrogen-bond donors (Lipinski definition) is 1. The summed E-state index contributed by atoms with van der Waals surface area (Å²) < 4.78 is 1.93. The fourth-order valence-electron chi connectivity index (χ4n) is 5.33. The van der Waals surface area contributed by atoms with Crippen LogP contribution in [0.4, 0.5) is 5.69 Å². The zero-order chi connectivity index (χ0) is 22.7. The van der Waals surface area contributed by atoms with E-state index in [1.54, 1.807) is 18.7 Å². The molecule has 1 N–H and O–H groups in total. The van der Waals surface area contributed by atoms with Gasteiger partial charge in [-0.1, -0.05) is 13.0 Å². The highest BCUT2D eigenvalue weighted by molar-refractivity contribution is 6.07. The van der Waals surface area contributed by atoms with Crippen molar-refractivity contribution in [1.29, 1.82) is 0 Å². The average Bonchev–Trinajstić information content (AvgIpc) is 3.49. The standard InChI is InChI=1S/C24H24N8O/c1-4-32-9-5-8-24(32)17-10-15(6-7-18(17)29-23(24)33)19-20-22(28-13-27-19)31(3)21(30-20)16-11-25-14(2)26-12-16/h6-7,10-13H,4-5,8-9H2,1-3H3,(H,29,33)/t24-/m0/s1. The third-order valence-corrected chi connectivity index (χ3v) is 6.95. The van der Waals surface area contributed by atoms with Crippen molar-refractivity contribution in [1.82, 2.24) is 34.4 Å². The Bertz CT molecular complexity index is 1410. The van der Waals surface area contributed by atoms with Crippen LogP contribution in [0.3, 0.4) is 0 Å². The Labute approximate surface area is 190 Å². The number of aromatic nitrogens is 6. The lowest BCUT2D eigenvalue weighted by molar-refractivity contribution is -0.126. The quantitative estimate of drug-likeness (QED) is 0.522. The first-order valence-corrected chi connectivity index (χ1v) is 11.2. The van der Waals surface area contributed by atoms with Crippen LogP contribution in [0, 0.1) is 6.92 Å². The van der Waals surface area contributed by atoms with E-state index < -0.39 is 5.54 Å². The topological polar surface area (TPSA) is 102 Å². The summed E-state index contributed by atoms with van der Waals surface area (Å²) in [5.41, 5.74) is 5.24. The van der Waals surface area contributed by atoms with Gasteiger partial charge in [-0.25, -0.2) is 24.9 Å². The maximum Gasteiger partial charge on any atom is 0.249 e. The van der Waals surface area contributed by atoms with Crippen LogP contribution >= 0.6 is 0 Å². The van der Waals surface area contributed by atoms with Gasteiger partial charge in [0.1, 0.15) is 34.7 Å². The van der Waals surface area contributed by atoms with Crippen LogP contribution in [0.1, 0.15) is 31.2 Å². The average molecular weight is 441 g/mol. The second kappa shape index (κ2) is 7.14. The molecular formula is C24H24N8O. The van der Waals surface area contributed by atoms with Crippen molar-refractivity contribution < 1.29 is 4.79 Å². The third kappa shape index (κ3) is 2.75. The zero-order valence-corrected chi connectivity index (χ0v) is 18.8. The summed E-state index contributed by atoms with van der Waals surface area (Å²) in [5, 5.41) is 3.10. The predicted octanol–water partition coefficient (Wildman–Crippen LogP) is 3.06. The molecule has 1 amide bonds. The summed E-state index contributed by atoms with van der Waals surface area (Å²) in [7, 11) is 1.93. The number of aryl methyl sites for hydroxylation is 2. The highest BCUT2D eigenvalue weighted by Crippen LogP contribution is 2.48. The van der Waals surface area contributed by atoms with E-state index in [0.29, 0.717) is 11.3 Å². The molecule has 2 aliphatic heterocycles. The first-order valence-electron chi connectivity index (χ1n) is 11.2. The van der Waals surface area contributed by atoms with E-state index in [1.807, 2.05) is 30.7 Å². The Morgan fingerprint density at radius 1 is 1.12 bits per heavy atom. The van der Waals surface area contributed by atoms with Gasteiger partial charge in [0.05, 0.1) is 5.56 Å². The number of carbonyl (C=O) groups is 1. The fourth-order valence-corrected chi connectivity index (χ4v) is 5.33. The molecule has 6 rings (SSSR count). The van der Waals surface area contributed by atoms with Gasteiger partial charge < -0.3 is 9.88 Å². The monoisotopic (exact) mass is 440 g/mol. The van der Waals surface area contributed by atoms with Gasteiger partial charge in [-0.05, 0) is 45.0 Å². The molecule has 9 heteroatoms. The van der Waals surface area contributed by atoms with Crippen molar-refractivity contribution >= 4 is 22.8 Å². The van der Waals surface area contributed by atoms with Crippen molar-refractivity contribution in [3.63, 3.8) is 0 Å². The molecule has 1 atom stereocenters. The number of nitrogens with zero attached hydrogens (tertiary/aromatic N) is 7. The van der Waals surface area contributed by atoms with Crippen LogP contribution in [0.25, 0.3) is 33.8 Å². The van der Waals surface area contributed by atoms with E-state index in [-0.39, 0.29) is 5.91 Å². The molecule has 0 radical (unpaired) electrons. The molecule has 1 aromatic carbocycles. The van der Waals surface area contributed by atoms with Gasteiger partial charge in [0.15, 0.2) is 5.65 Å². The van der Waals surface area contributed by atoms with Crippen molar-refractivity contribution in [3.8, 4) is 22.6 Å². The van der Waals surface area contributed by atoms with Crippen molar-refractivity contribution in [2.45, 2.75) is 32.2 Å². The molecule has 0 saturated carbocycles. The number of hydrogen-bond acceptors (Lipinski definition) is 7. The number of amides is 1. The van der Waals surface area contributed by atoms with Crippen molar-refractivity contribution in [2.75, 3.05) is 18.4 Å². The Morgan fingerprint density at radius 2 is 1.94 bits per heavy atom. The molecule has 1 spiro atoms. The van der Waals surface area contributed by atoms with Gasteiger partial charge in [-0.2, -0.15) is 0 Å². The van der Waals surface area contributed by atoms with Gasteiger partial charge in [-0.15, -0.1) is 0 Å². The minimum Gasteiger partial charge on any atom is -0.324 e. The highest BCUT2D eigenvalue weighted by Gasteiger charge is 2.53. The molecule has 3 aromatic heterocycles. The Morgan fingerprint density at radius 3 is 2.73 bits per heavy atom. The predicted molar refractivity (Wildman–Crippen MR) is 124 cm³/mol. The number of likely N-dealkylation sites (N-methyl/N-ethyl adjacent to an activating group) is 1. The van der Waals surface area contributed by atoms with Gasteiger partial charge in [0, 0.05) is 36.3 Å². The van der Waals surface area contributed by atoms with Crippen molar-refractivity contribution in [3.05, 3.63) is 48.3 Å². The summed E-state index contributed by atoms with van der Waals surface area (Å²) in [6.07, 6.45) is 6.93. The first kappa shape index (κ1) is 19.9. The Balaban J connectivity index is 1.52. The molecule has 33 heavy (non-hydrogen) atoms. The molecule has 0 unspecified atom stereocenters. The summed E-state index contributed by atoms with van der Waals surface area (Å²) in [6.45, 7) is 5.72.